The highest BCUT2D eigenvalue weighted by Gasteiger charge is 2.34. The molecule has 124 valence electrons. The SMILES string of the molecule is COC(=O)CN1Cc2ccccc2OC1c1ccccc1[N+](=O)[O-]. The number of nitro groups is 1. The van der Waals surface area contributed by atoms with Gasteiger partial charge in [-0.05, 0) is 12.1 Å². The lowest BCUT2D eigenvalue weighted by Crippen LogP contribution is -2.39. The molecule has 0 aliphatic carbocycles. The fourth-order valence-corrected chi connectivity index (χ4v) is 2.74. The Morgan fingerprint density at radius 2 is 2.00 bits per heavy atom. The van der Waals surface area contributed by atoms with Crippen molar-refractivity contribution in [1.82, 2.24) is 4.90 Å². The smallest absolute Gasteiger partial charge is 0.320 e. The summed E-state index contributed by atoms with van der Waals surface area (Å²) in [5.41, 5.74) is 1.27. The number of carbonyl (C=O) groups excluding carboxylic acids is 1. The minimum Gasteiger partial charge on any atom is -0.470 e. The van der Waals surface area contributed by atoms with E-state index in [1.807, 2.05) is 24.3 Å². The average molecular weight is 328 g/mol. The molecule has 24 heavy (non-hydrogen) atoms. The van der Waals surface area contributed by atoms with E-state index in [0.29, 0.717) is 17.9 Å². The number of esters is 1. The van der Waals surface area contributed by atoms with Gasteiger partial charge in [-0.1, -0.05) is 30.3 Å². The minimum atomic E-state index is -0.736. The summed E-state index contributed by atoms with van der Waals surface area (Å²) in [5, 5.41) is 11.3. The second-order valence-corrected chi connectivity index (χ2v) is 5.37. The van der Waals surface area contributed by atoms with Crippen molar-refractivity contribution in [2.24, 2.45) is 0 Å². The lowest BCUT2D eigenvalue weighted by atomic mass is 10.1. The van der Waals surface area contributed by atoms with Crippen molar-refractivity contribution in [3.8, 4) is 5.75 Å². The number of methoxy groups -OCH3 is 1. The molecule has 0 N–H and O–H groups in total. The molecule has 7 heteroatoms. The number of nitrogens with zero attached hydrogens (tertiary/aromatic N) is 2. The van der Waals surface area contributed by atoms with Crippen molar-refractivity contribution in [1.29, 1.82) is 0 Å². The van der Waals surface area contributed by atoms with Gasteiger partial charge < -0.3 is 9.47 Å². The van der Waals surface area contributed by atoms with Crippen LogP contribution < -0.4 is 4.74 Å². The second-order valence-electron chi connectivity index (χ2n) is 5.37. The van der Waals surface area contributed by atoms with Crippen LogP contribution in [0.15, 0.2) is 48.5 Å². The predicted molar refractivity (Wildman–Crippen MR) is 85.3 cm³/mol. The van der Waals surface area contributed by atoms with Crippen LogP contribution in [0.3, 0.4) is 0 Å². The van der Waals surface area contributed by atoms with Crippen molar-refractivity contribution in [2.45, 2.75) is 12.8 Å². The topological polar surface area (TPSA) is 81.9 Å². The fourth-order valence-electron chi connectivity index (χ4n) is 2.74. The normalized spacial score (nSPS) is 16.8. The van der Waals surface area contributed by atoms with E-state index in [2.05, 4.69) is 0 Å². The molecule has 0 saturated heterocycles. The Hall–Kier alpha value is -2.93. The molecule has 0 aromatic heterocycles. The summed E-state index contributed by atoms with van der Waals surface area (Å²) in [6, 6.07) is 13.8. The number of benzene rings is 2. The second kappa shape index (κ2) is 6.67. The van der Waals surface area contributed by atoms with Crippen LogP contribution in [0.4, 0.5) is 5.69 Å². The van der Waals surface area contributed by atoms with Crippen LogP contribution >= 0.6 is 0 Å². The molecule has 2 aromatic carbocycles. The van der Waals surface area contributed by atoms with E-state index in [1.165, 1.54) is 13.2 Å². The van der Waals surface area contributed by atoms with Gasteiger partial charge in [0, 0.05) is 18.2 Å². The summed E-state index contributed by atoms with van der Waals surface area (Å²) in [6.07, 6.45) is -0.736. The molecule has 2 aromatic rings. The van der Waals surface area contributed by atoms with Gasteiger partial charge in [0.25, 0.3) is 5.69 Å². The molecule has 7 nitrogen and oxygen atoms in total. The molecule has 3 rings (SSSR count). The van der Waals surface area contributed by atoms with Crippen molar-refractivity contribution < 1.29 is 19.2 Å². The number of hydrogen-bond donors (Lipinski definition) is 0. The maximum absolute atomic E-state index is 11.7. The zero-order valence-corrected chi connectivity index (χ0v) is 13.0. The van der Waals surface area contributed by atoms with Gasteiger partial charge in [-0.15, -0.1) is 0 Å². The lowest BCUT2D eigenvalue weighted by molar-refractivity contribution is -0.386. The zero-order valence-electron chi connectivity index (χ0n) is 13.0. The summed E-state index contributed by atoms with van der Waals surface area (Å²) in [4.78, 5) is 24.3. The van der Waals surface area contributed by atoms with E-state index in [9.17, 15) is 14.9 Å². The Labute approximate surface area is 138 Å². The first kappa shape index (κ1) is 15.9. The van der Waals surface area contributed by atoms with Gasteiger partial charge in [-0.2, -0.15) is 0 Å². The van der Waals surface area contributed by atoms with E-state index in [1.54, 1.807) is 23.1 Å². The van der Waals surface area contributed by atoms with Crippen LogP contribution in [-0.2, 0) is 16.1 Å². The highest BCUT2D eigenvalue weighted by molar-refractivity contribution is 5.71. The zero-order chi connectivity index (χ0) is 17.1. The van der Waals surface area contributed by atoms with Crippen LogP contribution in [0.25, 0.3) is 0 Å². The van der Waals surface area contributed by atoms with Crippen molar-refractivity contribution in [3.63, 3.8) is 0 Å². The van der Waals surface area contributed by atoms with Crippen molar-refractivity contribution >= 4 is 11.7 Å². The van der Waals surface area contributed by atoms with Gasteiger partial charge in [0.05, 0.1) is 17.6 Å². The highest BCUT2D eigenvalue weighted by Crippen LogP contribution is 2.38. The first-order valence-corrected chi connectivity index (χ1v) is 7.39. The maximum atomic E-state index is 11.7. The average Bonchev–Trinajstić information content (AvgIpc) is 2.61. The summed E-state index contributed by atoms with van der Waals surface area (Å²) >= 11 is 0. The lowest BCUT2D eigenvalue weighted by Gasteiger charge is -2.36. The summed E-state index contributed by atoms with van der Waals surface area (Å²) < 4.78 is 10.7. The molecule has 0 bridgehead atoms. The molecule has 0 amide bonds. The Morgan fingerprint density at radius 3 is 2.75 bits per heavy atom. The van der Waals surface area contributed by atoms with Gasteiger partial charge in [0.2, 0.25) is 0 Å². The number of para-hydroxylation sites is 2. The molecule has 1 aliphatic heterocycles. The standard InChI is InChI=1S/C17H16N2O5/c1-23-16(20)11-18-10-12-6-2-5-9-15(12)24-17(18)13-7-3-4-8-14(13)19(21)22/h2-9,17H,10-11H2,1H3. The van der Waals surface area contributed by atoms with Crippen LogP contribution in [0.5, 0.6) is 5.75 Å². The molecule has 1 atom stereocenters. The third-order valence-corrected chi connectivity index (χ3v) is 3.88. The van der Waals surface area contributed by atoms with Crippen LogP contribution in [0.2, 0.25) is 0 Å². The maximum Gasteiger partial charge on any atom is 0.320 e. The number of rotatable bonds is 4. The van der Waals surface area contributed by atoms with E-state index in [4.69, 9.17) is 9.47 Å². The van der Waals surface area contributed by atoms with E-state index in [-0.39, 0.29) is 12.2 Å². The Bertz CT molecular complexity index is 777. The Balaban J connectivity index is 2.02. The van der Waals surface area contributed by atoms with E-state index < -0.39 is 17.1 Å². The third-order valence-electron chi connectivity index (χ3n) is 3.88. The molecular weight excluding hydrogens is 312 g/mol. The number of nitro benzene ring substituents is 1. The molecule has 1 heterocycles. The molecule has 0 fully saturated rings. The Morgan fingerprint density at radius 1 is 1.29 bits per heavy atom. The van der Waals surface area contributed by atoms with E-state index >= 15 is 0 Å². The number of hydrogen-bond acceptors (Lipinski definition) is 6. The van der Waals surface area contributed by atoms with Gasteiger partial charge in [0.15, 0.2) is 6.23 Å². The highest BCUT2D eigenvalue weighted by atomic mass is 16.6. The van der Waals surface area contributed by atoms with Crippen molar-refractivity contribution in [3.05, 3.63) is 69.8 Å². The van der Waals surface area contributed by atoms with Gasteiger partial charge in [-0.25, -0.2) is 4.90 Å². The van der Waals surface area contributed by atoms with Crippen molar-refractivity contribution in [2.75, 3.05) is 13.7 Å². The number of carbonyl (C=O) groups is 1. The first-order valence-electron chi connectivity index (χ1n) is 7.39. The predicted octanol–water partition coefficient (Wildman–Crippen LogP) is 2.66. The van der Waals surface area contributed by atoms with Gasteiger partial charge >= 0.3 is 5.97 Å². The van der Waals surface area contributed by atoms with Gasteiger partial charge in [-0.3, -0.25) is 14.9 Å². The summed E-state index contributed by atoms with van der Waals surface area (Å²) in [7, 11) is 1.31. The van der Waals surface area contributed by atoms with E-state index in [0.717, 1.165) is 5.56 Å². The van der Waals surface area contributed by atoms with Crippen LogP contribution in [-0.4, -0.2) is 29.4 Å². The summed E-state index contributed by atoms with van der Waals surface area (Å²) in [6.45, 7) is 0.406. The molecular formula is C17H16N2O5. The molecule has 0 radical (unpaired) electrons. The third kappa shape index (κ3) is 3.07. The monoisotopic (exact) mass is 328 g/mol. The molecule has 0 spiro atoms. The van der Waals surface area contributed by atoms with Crippen LogP contribution in [0, 0.1) is 10.1 Å². The fraction of sp³-hybridized carbons (Fsp3) is 0.235. The number of ether oxygens (including phenoxy) is 2. The van der Waals surface area contributed by atoms with Crippen LogP contribution in [0.1, 0.15) is 17.4 Å². The molecule has 1 unspecified atom stereocenters. The Kier molecular flexibility index (Phi) is 4.43. The largest absolute Gasteiger partial charge is 0.470 e. The van der Waals surface area contributed by atoms with Gasteiger partial charge in [0.1, 0.15) is 12.3 Å². The molecule has 1 aliphatic rings. The summed E-state index contributed by atoms with van der Waals surface area (Å²) in [5.74, 6) is 0.225. The minimum absolute atomic E-state index is 0.0262. The number of fused-ring (bicyclic) bond motifs is 1. The quantitative estimate of drug-likeness (QED) is 0.487. The molecule has 0 saturated carbocycles. The first-order chi connectivity index (χ1) is 11.6.